The summed E-state index contributed by atoms with van der Waals surface area (Å²) < 4.78 is 14.3. The van der Waals surface area contributed by atoms with Gasteiger partial charge in [0.15, 0.2) is 0 Å². The lowest BCUT2D eigenvalue weighted by atomic mass is 10.0. The van der Waals surface area contributed by atoms with Crippen LogP contribution in [0.2, 0.25) is 0 Å². The number of carbonyl (C=O) groups is 1. The first-order valence-corrected chi connectivity index (χ1v) is 7.95. The van der Waals surface area contributed by atoms with Crippen molar-refractivity contribution in [1.82, 2.24) is 15.2 Å². The molecule has 1 aliphatic carbocycles. The van der Waals surface area contributed by atoms with Crippen LogP contribution in [0.25, 0.3) is 22.3 Å². The second kappa shape index (κ2) is 5.40. The number of rotatable bonds is 3. The molecule has 0 atom stereocenters. The van der Waals surface area contributed by atoms with Crippen molar-refractivity contribution in [3.63, 3.8) is 0 Å². The number of pyridine rings is 1. The number of amides is 1. The van der Waals surface area contributed by atoms with Gasteiger partial charge in [-0.25, -0.2) is 9.37 Å². The normalized spacial score (nSPS) is 14.1. The van der Waals surface area contributed by atoms with Crippen LogP contribution >= 0.6 is 0 Å². The molecule has 3 aromatic rings. The average molecular weight is 324 g/mol. The van der Waals surface area contributed by atoms with E-state index in [0.717, 1.165) is 40.9 Å². The SMILES string of the molecule is CC(=O)Nc1cc2nc(-c3cc(C)[nH]n3)cc(C3CC3)c2cc1F. The van der Waals surface area contributed by atoms with Crippen molar-refractivity contribution in [3.05, 3.63) is 41.3 Å². The number of halogens is 1. The van der Waals surface area contributed by atoms with Crippen LogP contribution < -0.4 is 5.32 Å². The lowest BCUT2D eigenvalue weighted by molar-refractivity contribution is -0.114. The summed E-state index contributed by atoms with van der Waals surface area (Å²) in [7, 11) is 0. The average Bonchev–Trinajstić information content (AvgIpc) is 3.28. The predicted octanol–water partition coefficient (Wildman–Crippen LogP) is 3.91. The molecule has 122 valence electrons. The van der Waals surface area contributed by atoms with E-state index in [-0.39, 0.29) is 11.6 Å². The molecule has 1 saturated carbocycles. The van der Waals surface area contributed by atoms with E-state index >= 15 is 0 Å². The highest BCUT2D eigenvalue weighted by Crippen LogP contribution is 2.44. The fourth-order valence-electron chi connectivity index (χ4n) is 2.97. The molecule has 6 heteroatoms. The standard InChI is InChI=1S/C18H17FN4O/c1-9-5-18(23-22-9)17-7-12(11-3-4-11)13-6-14(19)16(20-10(2)24)8-15(13)21-17/h5-8,11H,3-4H2,1-2H3,(H,20,24)(H,22,23). The van der Waals surface area contributed by atoms with Crippen LogP contribution in [-0.2, 0) is 4.79 Å². The van der Waals surface area contributed by atoms with E-state index in [9.17, 15) is 9.18 Å². The van der Waals surface area contributed by atoms with Crippen molar-refractivity contribution in [1.29, 1.82) is 0 Å². The van der Waals surface area contributed by atoms with Crippen molar-refractivity contribution in [2.24, 2.45) is 0 Å². The first-order valence-electron chi connectivity index (χ1n) is 7.95. The third-order valence-electron chi connectivity index (χ3n) is 4.23. The third-order valence-corrected chi connectivity index (χ3v) is 4.23. The van der Waals surface area contributed by atoms with Crippen LogP contribution in [0.15, 0.2) is 24.3 Å². The molecule has 2 aromatic heterocycles. The summed E-state index contributed by atoms with van der Waals surface area (Å²) in [4.78, 5) is 15.9. The Balaban J connectivity index is 1.93. The first kappa shape index (κ1) is 14.8. The Hall–Kier alpha value is -2.76. The van der Waals surface area contributed by atoms with Crippen molar-refractivity contribution in [2.45, 2.75) is 32.6 Å². The van der Waals surface area contributed by atoms with E-state index in [1.165, 1.54) is 13.0 Å². The zero-order valence-corrected chi connectivity index (χ0v) is 13.5. The number of aromatic amines is 1. The van der Waals surface area contributed by atoms with Gasteiger partial charge in [-0.05, 0) is 55.5 Å². The van der Waals surface area contributed by atoms with Gasteiger partial charge in [-0.15, -0.1) is 0 Å². The fraction of sp³-hybridized carbons (Fsp3) is 0.278. The van der Waals surface area contributed by atoms with Crippen molar-refractivity contribution < 1.29 is 9.18 Å². The zero-order valence-electron chi connectivity index (χ0n) is 13.5. The van der Waals surface area contributed by atoms with Crippen LogP contribution in [0.3, 0.4) is 0 Å². The Labute approximate surface area is 138 Å². The molecule has 0 saturated heterocycles. The van der Waals surface area contributed by atoms with Gasteiger partial charge in [-0.1, -0.05) is 0 Å². The number of hydrogen-bond donors (Lipinski definition) is 2. The van der Waals surface area contributed by atoms with Gasteiger partial charge in [-0.2, -0.15) is 5.10 Å². The van der Waals surface area contributed by atoms with E-state index < -0.39 is 5.82 Å². The number of H-pyrrole nitrogens is 1. The molecule has 0 aliphatic heterocycles. The number of hydrogen-bond acceptors (Lipinski definition) is 3. The summed E-state index contributed by atoms with van der Waals surface area (Å²) in [5.41, 5.74) is 4.40. The van der Waals surface area contributed by atoms with Crippen molar-refractivity contribution >= 4 is 22.5 Å². The molecule has 0 bridgehead atoms. The summed E-state index contributed by atoms with van der Waals surface area (Å²) in [5, 5.41) is 10.5. The first-order chi connectivity index (χ1) is 11.5. The Morgan fingerprint density at radius 2 is 2.04 bits per heavy atom. The smallest absolute Gasteiger partial charge is 0.221 e. The van der Waals surface area contributed by atoms with Gasteiger partial charge >= 0.3 is 0 Å². The third kappa shape index (κ3) is 2.64. The van der Waals surface area contributed by atoms with Crippen molar-refractivity contribution in [3.8, 4) is 11.4 Å². The van der Waals surface area contributed by atoms with Crippen LogP contribution in [0, 0.1) is 12.7 Å². The number of nitrogens with zero attached hydrogens (tertiary/aromatic N) is 2. The Morgan fingerprint density at radius 1 is 1.25 bits per heavy atom. The van der Waals surface area contributed by atoms with Gasteiger partial charge in [0.25, 0.3) is 0 Å². The van der Waals surface area contributed by atoms with E-state index in [1.807, 2.05) is 19.1 Å². The van der Waals surface area contributed by atoms with E-state index in [2.05, 4.69) is 20.5 Å². The molecule has 1 amide bonds. The summed E-state index contributed by atoms with van der Waals surface area (Å²) in [5.74, 6) is -0.306. The van der Waals surface area contributed by atoms with Crippen molar-refractivity contribution in [2.75, 3.05) is 5.32 Å². The molecule has 2 heterocycles. The zero-order chi connectivity index (χ0) is 16.8. The minimum Gasteiger partial charge on any atom is -0.324 e. The molecule has 2 N–H and O–H groups in total. The van der Waals surface area contributed by atoms with E-state index in [1.54, 1.807) is 6.07 Å². The monoisotopic (exact) mass is 324 g/mol. The largest absolute Gasteiger partial charge is 0.324 e. The van der Waals surface area contributed by atoms with E-state index in [0.29, 0.717) is 11.4 Å². The number of anilines is 1. The Kier molecular flexibility index (Phi) is 3.33. The Bertz CT molecular complexity index is 959. The molecular weight excluding hydrogens is 307 g/mol. The summed E-state index contributed by atoms with van der Waals surface area (Å²) in [6.07, 6.45) is 2.21. The maximum atomic E-state index is 14.3. The lowest BCUT2D eigenvalue weighted by Crippen LogP contribution is -2.08. The molecule has 0 spiro atoms. The second-order valence-electron chi connectivity index (χ2n) is 6.34. The van der Waals surface area contributed by atoms with Gasteiger partial charge in [0.05, 0.1) is 16.9 Å². The molecule has 24 heavy (non-hydrogen) atoms. The molecule has 0 radical (unpaired) electrons. The minimum absolute atomic E-state index is 0.152. The highest BCUT2D eigenvalue weighted by molar-refractivity contribution is 5.94. The van der Waals surface area contributed by atoms with Crippen LogP contribution in [-0.4, -0.2) is 21.1 Å². The number of benzene rings is 1. The van der Waals surface area contributed by atoms with E-state index in [4.69, 9.17) is 0 Å². The van der Waals surface area contributed by atoms with Crippen LogP contribution in [0.1, 0.15) is 36.9 Å². The molecule has 0 unspecified atom stereocenters. The predicted molar refractivity (Wildman–Crippen MR) is 90.3 cm³/mol. The number of fused-ring (bicyclic) bond motifs is 1. The highest BCUT2D eigenvalue weighted by atomic mass is 19.1. The second-order valence-corrected chi connectivity index (χ2v) is 6.34. The number of aromatic nitrogens is 3. The van der Waals surface area contributed by atoms with Gasteiger partial charge in [0.2, 0.25) is 5.91 Å². The molecular formula is C18H17FN4O. The Morgan fingerprint density at radius 3 is 2.67 bits per heavy atom. The lowest BCUT2D eigenvalue weighted by Gasteiger charge is -2.11. The topological polar surface area (TPSA) is 70.7 Å². The summed E-state index contributed by atoms with van der Waals surface area (Å²) in [6.45, 7) is 3.29. The summed E-state index contributed by atoms with van der Waals surface area (Å²) >= 11 is 0. The number of aryl methyl sites for hydroxylation is 1. The van der Waals surface area contributed by atoms with Crippen LogP contribution in [0.4, 0.5) is 10.1 Å². The van der Waals surface area contributed by atoms with Gasteiger partial charge in [-0.3, -0.25) is 9.89 Å². The molecule has 1 aliphatic rings. The number of carbonyl (C=O) groups excluding carboxylic acids is 1. The quantitative estimate of drug-likeness (QED) is 0.767. The molecule has 1 aromatic carbocycles. The highest BCUT2D eigenvalue weighted by Gasteiger charge is 2.27. The number of nitrogens with one attached hydrogen (secondary N) is 2. The summed E-state index contributed by atoms with van der Waals surface area (Å²) in [6, 6.07) is 7.01. The van der Waals surface area contributed by atoms with Gasteiger partial charge in [0, 0.05) is 18.0 Å². The van der Waals surface area contributed by atoms with Gasteiger partial charge in [0.1, 0.15) is 11.5 Å². The fourth-order valence-corrected chi connectivity index (χ4v) is 2.97. The molecule has 5 nitrogen and oxygen atoms in total. The maximum absolute atomic E-state index is 14.3. The minimum atomic E-state index is -0.440. The maximum Gasteiger partial charge on any atom is 0.221 e. The van der Waals surface area contributed by atoms with Crippen LogP contribution in [0.5, 0.6) is 0 Å². The molecule has 1 fully saturated rings. The van der Waals surface area contributed by atoms with Gasteiger partial charge < -0.3 is 5.32 Å². The molecule has 4 rings (SSSR count).